The molecule has 5 nitrogen and oxygen atoms in total. The van der Waals surface area contributed by atoms with Crippen molar-refractivity contribution in [2.24, 2.45) is 0 Å². The number of aliphatic hydroxyl groups is 2. The molecule has 62 valence electrons. The molecule has 0 radical (unpaired) electrons. The van der Waals surface area contributed by atoms with E-state index >= 15 is 0 Å². The lowest BCUT2D eigenvalue weighted by Gasteiger charge is -2.26. The SMILES string of the molecule is C[C@@H](O)[C@](C)(O)P(=O)(O)O. The summed E-state index contributed by atoms with van der Waals surface area (Å²) in [5, 5.41) is 15.2. The number of hydrogen-bond donors (Lipinski definition) is 4. The smallest absolute Gasteiger partial charge is 0.359 e. The fourth-order valence-electron chi connectivity index (χ4n) is 0.243. The molecule has 10 heavy (non-hydrogen) atoms. The lowest BCUT2D eigenvalue weighted by atomic mass is 10.2. The Morgan fingerprint density at radius 1 is 1.50 bits per heavy atom. The van der Waals surface area contributed by atoms with Crippen molar-refractivity contribution in [1.29, 1.82) is 0 Å². The molecule has 0 aliphatic rings. The minimum absolute atomic E-state index is 0.887. The monoisotopic (exact) mass is 170 g/mol. The van der Waals surface area contributed by atoms with Crippen molar-refractivity contribution in [2.45, 2.75) is 25.3 Å². The van der Waals surface area contributed by atoms with Crippen LogP contribution in [0.25, 0.3) is 0 Å². The fraction of sp³-hybridized carbons (Fsp3) is 1.00. The summed E-state index contributed by atoms with van der Waals surface area (Å²) < 4.78 is 10.4. The highest BCUT2D eigenvalue weighted by Crippen LogP contribution is 2.50. The van der Waals surface area contributed by atoms with E-state index in [1.54, 1.807) is 0 Å². The highest BCUT2D eigenvalue weighted by Gasteiger charge is 2.44. The lowest BCUT2D eigenvalue weighted by Crippen LogP contribution is -2.36. The topological polar surface area (TPSA) is 98.0 Å². The molecular weight excluding hydrogens is 159 g/mol. The first-order chi connectivity index (χ1) is 4.19. The third kappa shape index (κ3) is 1.78. The highest BCUT2D eigenvalue weighted by atomic mass is 31.2. The van der Waals surface area contributed by atoms with Gasteiger partial charge in [0.1, 0.15) is 0 Å². The van der Waals surface area contributed by atoms with Crippen molar-refractivity contribution >= 4 is 7.60 Å². The minimum Gasteiger partial charge on any atom is -0.390 e. The molecule has 0 amide bonds. The van der Waals surface area contributed by atoms with Gasteiger partial charge in [-0.15, -0.1) is 0 Å². The second-order valence-electron chi connectivity index (χ2n) is 2.31. The Kier molecular flexibility index (Phi) is 2.62. The summed E-state index contributed by atoms with van der Waals surface area (Å²) in [5.74, 6) is 0. The van der Waals surface area contributed by atoms with E-state index in [1.165, 1.54) is 0 Å². The van der Waals surface area contributed by atoms with Crippen molar-refractivity contribution in [1.82, 2.24) is 0 Å². The van der Waals surface area contributed by atoms with Crippen molar-refractivity contribution in [2.75, 3.05) is 0 Å². The molecular formula is C4H11O5P. The molecule has 6 heteroatoms. The normalized spacial score (nSPS) is 21.8. The Bertz CT molecular complexity index is 157. The maximum atomic E-state index is 10.4. The summed E-state index contributed by atoms with van der Waals surface area (Å²) in [6.45, 7) is 2.00. The number of aliphatic hydroxyl groups excluding tert-OH is 1. The molecule has 0 unspecified atom stereocenters. The van der Waals surface area contributed by atoms with Crippen LogP contribution >= 0.6 is 7.60 Å². The summed E-state index contributed by atoms with van der Waals surface area (Å²) >= 11 is 0. The zero-order valence-electron chi connectivity index (χ0n) is 5.72. The maximum Gasteiger partial charge on any atom is 0.359 e. The van der Waals surface area contributed by atoms with Gasteiger partial charge in [-0.3, -0.25) is 4.57 Å². The summed E-state index contributed by atoms with van der Waals surface area (Å²) in [6, 6.07) is 0. The van der Waals surface area contributed by atoms with Gasteiger partial charge in [0.2, 0.25) is 0 Å². The van der Waals surface area contributed by atoms with Gasteiger partial charge in [-0.1, -0.05) is 0 Å². The number of hydrogen-bond acceptors (Lipinski definition) is 3. The Balaban J connectivity index is 4.58. The van der Waals surface area contributed by atoms with E-state index in [0.29, 0.717) is 0 Å². The van der Waals surface area contributed by atoms with Gasteiger partial charge in [0.25, 0.3) is 0 Å². The molecule has 0 rings (SSSR count). The first-order valence-corrected chi connectivity index (χ1v) is 4.27. The lowest BCUT2D eigenvalue weighted by molar-refractivity contribution is -0.00778. The minimum atomic E-state index is -4.62. The zero-order chi connectivity index (χ0) is 8.58. The predicted molar refractivity (Wildman–Crippen MR) is 34.3 cm³/mol. The molecule has 0 aliphatic heterocycles. The van der Waals surface area contributed by atoms with Crippen LogP contribution in [0.3, 0.4) is 0 Å². The van der Waals surface area contributed by atoms with Gasteiger partial charge in [-0.05, 0) is 13.8 Å². The van der Waals surface area contributed by atoms with Crippen molar-refractivity contribution in [3.63, 3.8) is 0 Å². The van der Waals surface area contributed by atoms with E-state index in [9.17, 15) is 4.57 Å². The highest BCUT2D eigenvalue weighted by molar-refractivity contribution is 7.53. The average molecular weight is 170 g/mol. The molecule has 0 fully saturated rings. The third-order valence-corrected chi connectivity index (χ3v) is 2.93. The van der Waals surface area contributed by atoms with Crippen molar-refractivity contribution in [3.8, 4) is 0 Å². The summed E-state index contributed by atoms with van der Waals surface area (Å²) in [6.07, 6.45) is -1.45. The second-order valence-corrected chi connectivity index (χ2v) is 4.31. The largest absolute Gasteiger partial charge is 0.390 e. The van der Waals surface area contributed by atoms with Crippen LogP contribution in [0.4, 0.5) is 0 Å². The van der Waals surface area contributed by atoms with E-state index in [-0.39, 0.29) is 0 Å². The van der Waals surface area contributed by atoms with E-state index in [2.05, 4.69) is 0 Å². The van der Waals surface area contributed by atoms with Gasteiger partial charge in [-0.2, -0.15) is 0 Å². The van der Waals surface area contributed by atoms with E-state index in [0.717, 1.165) is 13.8 Å². The molecule has 0 saturated carbocycles. The molecule has 4 N–H and O–H groups in total. The fourth-order valence-corrected chi connectivity index (χ4v) is 0.730. The van der Waals surface area contributed by atoms with Crippen molar-refractivity contribution < 1.29 is 24.6 Å². The average Bonchev–Trinajstić information content (AvgIpc) is 1.62. The molecule has 0 spiro atoms. The van der Waals surface area contributed by atoms with Crippen LogP contribution in [0.2, 0.25) is 0 Å². The Hall–Kier alpha value is 0.0700. The van der Waals surface area contributed by atoms with Crippen LogP contribution in [-0.2, 0) is 4.57 Å². The van der Waals surface area contributed by atoms with Gasteiger partial charge < -0.3 is 20.0 Å². The Labute approximate surface area is 58.5 Å². The van der Waals surface area contributed by atoms with Crippen LogP contribution in [0.5, 0.6) is 0 Å². The van der Waals surface area contributed by atoms with Crippen LogP contribution in [0, 0.1) is 0 Å². The van der Waals surface area contributed by atoms with Crippen LogP contribution in [0.1, 0.15) is 13.8 Å². The predicted octanol–water partition coefficient (Wildman–Crippen LogP) is -0.747. The first kappa shape index (κ1) is 10.1. The van der Waals surface area contributed by atoms with Gasteiger partial charge in [0.05, 0.1) is 6.10 Å². The summed E-state index contributed by atoms with van der Waals surface area (Å²) in [5.41, 5.74) is 0. The van der Waals surface area contributed by atoms with E-state index in [4.69, 9.17) is 20.0 Å². The standard InChI is InChI=1S/C4H11O5P/c1-3(5)4(2,6)10(7,8)9/h3,5-6H,1-2H3,(H2,7,8,9)/t3-,4-/m1/s1. The van der Waals surface area contributed by atoms with Gasteiger partial charge in [0, 0.05) is 0 Å². The van der Waals surface area contributed by atoms with E-state index < -0.39 is 19.0 Å². The van der Waals surface area contributed by atoms with Crippen molar-refractivity contribution in [3.05, 3.63) is 0 Å². The first-order valence-electron chi connectivity index (χ1n) is 2.65. The summed E-state index contributed by atoms with van der Waals surface area (Å²) in [4.78, 5) is 16.8. The van der Waals surface area contributed by atoms with Crippen LogP contribution < -0.4 is 0 Å². The molecule has 0 aliphatic carbocycles. The Morgan fingerprint density at radius 3 is 1.80 bits per heavy atom. The molecule has 0 bridgehead atoms. The quantitative estimate of drug-likeness (QED) is 0.409. The number of rotatable bonds is 2. The molecule has 2 atom stereocenters. The van der Waals surface area contributed by atoms with Crippen LogP contribution in [-0.4, -0.2) is 31.4 Å². The Morgan fingerprint density at radius 2 is 1.80 bits per heavy atom. The molecule has 0 heterocycles. The third-order valence-electron chi connectivity index (χ3n) is 1.38. The molecule has 0 aromatic rings. The van der Waals surface area contributed by atoms with E-state index in [1.807, 2.05) is 0 Å². The zero-order valence-corrected chi connectivity index (χ0v) is 6.62. The van der Waals surface area contributed by atoms with Gasteiger partial charge in [0.15, 0.2) is 5.34 Å². The van der Waals surface area contributed by atoms with Gasteiger partial charge in [-0.25, -0.2) is 0 Å². The van der Waals surface area contributed by atoms with Crippen LogP contribution in [0.15, 0.2) is 0 Å². The summed E-state index contributed by atoms with van der Waals surface area (Å²) in [7, 11) is -4.62. The molecule has 0 aromatic carbocycles. The van der Waals surface area contributed by atoms with Gasteiger partial charge >= 0.3 is 7.60 Å². The molecule has 0 saturated heterocycles. The molecule has 0 aromatic heterocycles. The second kappa shape index (κ2) is 2.60. The maximum absolute atomic E-state index is 10.4.